The van der Waals surface area contributed by atoms with Crippen LogP contribution in [0.15, 0.2) is 23.4 Å². The molecule has 0 saturated heterocycles. The fourth-order valence-corrected chi connectivity index (χ4v) is 2.04. The number of nitrogens with zero attached hydrogens (tertiary/aromatic N) is 1. The molecule has 0 unspecified atom stereocenters. The first-order valence-electron chi connectivity index (χ1n) is 5.68. The van der Waals surface area contributed by atoms with Crippen molar-refractivity contribution in [3.63, 3.8) is 0 Å². The Balaban J connectivity index is 2.16. The van der Waals surface area contributed by atoms with E-state index in [1.54, 1.807) is 0 Å². The number of aliphatic hydroxyl groups is 1. The molecule has 4 nitrogen and oxygen atoms in total. The summed E-state index contributed by atoms with van der Waals surface area (Å²) in [4.78, 5) is 10.5. The van der Waals surface area contributed by atoms with Crippen LogP contribution in [0.1, 0.15) is 25.7 Å². The highest BCUT2D eigenvalue weighted by atomic mass is 19.1. The molecule has 0 amide bonds. The zero-order valence-corrected chi connectivity index (χ0v) is 9.30. The van der Waals surface area contributed by atoms with Crippen LogP contribution in [0.5, 0.6) is 5.75 Å². The van der Waals surface area contributed by atoms with Gasteiger partial charge in [-0.1, -0.05) is 6.42 Å². The molecule has 1 aliphatic carbocycles. The fraction of sp³-hybridized carbons (Fsp3) is 0.500. The van der Waals surface area contributed by atoms with Gasteiger partial charge in [-0.05, 0) is 36.6 Å². The van der Waals surface area contributed by atoms with Gasteiger partial charge in [0.25, 0.3) is 0 Å². The average Bonchev–Trinajstić information content (AvgIpc) is 2.32. The second kappa shape index (κ2) is 5.23. The largest absolute Gasteiger partial charge is 0.485 e. The summed E-state index contributed by atoms with van der Waals surface area (Å²) in [5.74, 6) is -0.386. The van der Waals surface area contributed by atoms with Gasteiger partial charge in [0.05, 0.1) is 6.10 Å². The first-order chi connectivity index (χ1) is 8.20. The van der Waals surface area contributed by atoms with Gasteiger partial charge in [-0.25, -0.2) is 4.39 Å². The van der Waals surface area contributed by atoms with Crippen molar-refractivity contribution in [3.8, 4) is 5.75 Å². The lowest BCUT2D eigenvalue weighted by Crippen LogP contribution is -2.34. The highest BCUT2D eigenvalue weighted by Crippen LogP contribution is 2.31. The van der Waals surface area contributed by atoms with Crippen molar-refractivity contribution in [2.75, 3.05) is 0 Å². The first-order valence-corrected chi connectivity index (χ1v) is 5.68. The van der Waals surface area contributed by atoms with E-state index in [1.807, 2.05) is 0 Å². The average molecular weight is 239 g/mol. The Hall–Kier alpha value is -1.49. The molecule has 1 N–H and O–H groups in total. The van der Waals surface area contributed by atoms with Crippen LogP contribution in [0, 0.1) is 10.7 Å². The molecule has 0 radical (unpaired) electrons. The minimum Gasteiger partial charge on any atom is -0.485 e. The second-order valence-electron chi connectivity index (χ2n) is 4.21. The standard InChI is InChI=1S/C12H14FNO3/c13-8-5-6-9(14-16)12(7-8)17-11-4-2-1-3-10(11)15/h5-7,10-11,15H,1-4H2/t10-,11+/m1/s1. The summed E-state index contributed by atoms with van der Waals surface area (Å²) in [6, 6.07) is 3.55. The van der Waals surface area contributed by atoms with Crippen molar-refractivity contribution in [1.82, 2.24) is 0 Å². The molecule has 0 bridgehead atoms. The normalized spacial score (nSPS) is 24.4. The Kier molecular flexibility index (Phi) is 3.68. The molecule has 0 aromatic heterocycles. The number of ether oxygens (including phenoxy) is 1. The van der Waals surface area contributed by atoms with Crippen molar-refractivity contribution < 1.29 is 14.2 Å². The molecule has 1 aliphatic rings. The van der Waals surface area contributed by atoms with Gasteiger partial charge in [0, 0.05) is 6.07 Å². The van der Waals surface area contributed by atoms with Crippen LogP contribution in [0.2, 0.25) is 0 Å². The molecule has 2 atom stereocenters. The van der Waals surface area contributed by atoms with Gasteiger partial charge in [-0.3, -0.25) is 0 Å². The maximum Gasteiger partial charge on any atom is 0.151 e. The summed E-state index contributed by atoms with van der Waals surface area (Å²) >= 11 is 0. The van der Waals surface area contributed by atoms with Crippen molar-refractivity contribution >= 4 is 5.69 Å². The van der Waals surface area contributed by atoms with Crippen molar-refractivity contribution in [1.29, 1.82) is 0 Å². The Morgan fingerprint density at radius 3 is 2.82 bits per heavy atom. The van der Waals surface area contributed by atoms with Gasteiger partial charge in [0.15, 0.2) is 5.75 Å². The van der Waals surface area contributed by atoms with E-state index in [-0.39, 0.29) is 17.5 Å². The predicted octanol–water partition coefficient (Wildman–Crippen LogP) is 2.91. The fourth-order valence-electron chi connectivity index (χ4n) is 2.04. The minimum absolute atomic E-state index is 0.0594. The molecule has 1 aromatic rings. The van der Waals surface area contributed by atoms with E-state index in [0.717, 1.165) is 25.0 Å². The van der Waals surface area contributed by atoms with Crippen LogP contribution >= 0.6 is 0 Å². The van der Waals surface area contributed by atoms with Crippen LogP contribution in [-0.4, -0.2) is 17.3 Å². The quantitative estimate of drug-likeness (QED) is 0.825. The lowest BCUT2D eigenvalue weighted by molar-refractivity contribution is 0.00705. The molecule has 0 heterocycles. The molecule has 17 heavy (non-hydrogen) atoms. The molecule has 0 spiro atoms. The SMILES string of the molecule is O=Nc1ccc(F)cc1O[C@H]1CCCC[C@H]1O. The molecular weight excluding hydrogens is 225 g/mol. The van der Waals surface area contributed by atoms with Gasteiger partial charge in [0.2, 0.25) is 0 Å². The molecule has 1 aromatic carbocycles. The Morgan fingerprint density at radius 1 is 1.35 bits per heavy atom. The third-order valence-electron chi connectivity index (χ3n) is 2.97. The van der Waals surface area contributed by atoms with Crippen LogP contribution in [0.25, 0.3) is 0 Å². The summed E-state index contributed by atoms with van der Waals surface area (Å²) in [7, 11) is 0. The second-order valence-corrected chi connectivity index (χ2v) is 4.21. The number of benzene rings is 1. The Labute approximate surface area is 98.4 Å². The van der Waals surface area contributed by atoms with E-state index in [2.05, 4.69) is 5.18 Å². The third kappa shape index (κ3) is 2.79. The van der Waals surface area contributed by atoms with Crippen LogP contribution in [0.3, 0.4) is 0 Å². The topological polar surface area (TPSA) is 58.9 Å². The molecule has 5 heteroatoms. The van der Waals surface area contributed by atoms with Crippen molar-refractivity contribution in [3.05, 3.63) is 28.9 Å². The van der Waals surface area contributed by atoms with E-state index in [1.165, 1.54) is 6.07 Å². The number of halogens is 1. The molecule has 92 valence electrons. The van der Waals surface area contributed by atoms with Crippen LogP contribution in [-0.2, 0) is 0 Å². The van der Waals surface area contributed by atoms with Gasteiger partial charge < -0.3 is 9.84 Å². The maximum absolute atomic E-state index is 13.0. The van der Waals surface area contributed by atoms with Gasteiger partial charge >= 0.3 is 0 Å². The highest BCUT2D eigenvalue weighted by molar-refractivity contribution is 5.51. The monoisotopic (exact) mass is 239 g/mol. The molecule has 1 saturated carbocycles. The van der Waals surface area contributed by atoms with E-state index in [4.69, 9.17) is 4.74 Å². The summed E-state index contributed by atoms with van der Waals surface area (Å²) in [5.41, 5.74) is 0.0594. The Bertz CT molecular complexity index is 411. The summed E-state index contributed by atoms with van der Waals surface area (Å²) in [6.07, 6.45) is 2.35. The number of aliphatic hydroxyl groups excluding tert-OH is 1. The first kappa shape index (κ1) is 12.0. The Morgan fingerprint density at radius 2 is 2.12 bits per heavy atom. The van der Waals surface area contributed by atoms with Crippen molar-refractivity contribution in [2.24, 2.45) is 5.18 Å². The van der Waals surface area contributed by atoms with Crippen LogP contribution in [0.4, 0.5) is 10.1 Å². The highest BCUT2D eigenvalue weighted by Gasteiger charge is 2.25. The number of hydrogen-bond donors (Lipinski definition) is 1. The number of hydrogen-bond acceptors (Lipinski definition) is 4. The van der Waals surface area contributed by atoms with Gasteiger partial charge in [0.1, 0.15) is 17.6 Å². The number of nitroso groups, excluding NO2 is 1. The zero-order valence-electron chi connectivity index (χ0n) is 9.30. The van der Waals surface area contributed by atoms with E-state index in [0.29, 0.717) is 12.8 Å². The van der Waals surface area contributed by atoms with Crippen LogP contribution < -0.4 is 4.74 Å². The minimum atomic E-state index is -0.563. The lowest BCUT2D eigenvalue weighted by Gasteiger charge is -2.28. The zero-order chi connectivity index (χ0) is 12.3. The molecular formula is C12H14FNO3. The van der Waals surface area contributed by atoms with Crippen molar-refractivity contribution in [2.45, 2.75) is 37.9 Å². The summed E-state index contributed by atoms with van der Waals surface area (Å²) < 4.78 is 18.5. The lowest BCUT2D eigenvalue weighted by atomic mass is 9.95. The van der Waals surface area contributed by atoms with E-state index in [9.17, 15) is 14.4 Å². The van der Waals surface area contributed by atoms with E-state index < -0.39 is 11.9 Å². The summed E-state index contributed by atoms with van der Waals surface area (Å²) in [5, 5.41) is 12.5. The molecule has 2 rings (SSSR count). The van der Waals surface area contributed by atoms with Gasteiger partial charge in [-0.2, -0.15) is 0 Å². The molecule has 0 aliphatic heterocycles. The smallest absolute Gasteiger partial charge is 0.151 e. The summed E-state index contributed by atoms with van der Waals surface area (Å²) in [6.45, 7) is 0. The molecule has 1 fully saturated rings. The number of rotatable bonds is 3. The maximum atomic E-state index is 13.0. The predicted molar refractivity (Wildman–Crippen MR) is 60.7 cm³/mol. The van der Waals surface area contributed by atoms with Gasteiger partial charge in [-0.15, -0.1) is 4.91 Å². The third-order valence-corrected chi connectivity index (χ3v) is 2.97. The van der Waals surface area contributed by atoms with E-state index >= 15 is 0 Å².